The van der Waals surface area contributed by atoms with Crippen LogP contribution in [0.3, 0.4) is 0 Å². The Morgan fingerprint density at radius 3 is 2.88 bits per heavy atom. The van der Waals surface area contributed by atoms with Crippen molar-refractivity contribution < 1.29 is 9.53 Å². The first-order valence-corrected chi connectivity index (χ1v) is 7.84. The fourth-order valence-corrected chi connectivity index (χ4v) is 2.46. The van der Waals surface area contributed by atoms with E-state index < -0.39 is 0 Å². The average Bonchev–Trinajstić information content (AvgIpc) is 3.10. The number of anilines is 1. The molecule has 0 spiro atoms. The van der Waals surface area contributed by atoms with Crippen molar-refractivity contribution in [1.29, 1.82) is 0 Å². The van der Waals surface area contributed by atoms with Crippen molar-refractivity contribution in [1.82, 2.24) is 24.6 Å². The molecule has 128 valence electrons. The molecule has 0 aliphatic rings. The van der Waals surface area contributed by atoms with Crippen LogP contribution in [0.4, 0.5) is 5.82 Å². The number of carbonyl (C=O) groups is 1. The second-order valence-corrected chi connectivity index (χ2v) is 5.59. The minimum atomic E-state index is -0.352. The molecule has 0 fully saturated rings. The Labute approximate surface area is 148 Å². The van der Waals surface area contributed by atoms with E-state index >= 15 is 0 Å². The van der Waals surface area contributed by atoms with E-state index in [4.69, 9.17) is 4.74 Å². The molecule has 0 saturated heterocycles. The molecule has 0 aliphatic carbocycles. The Kier molecular flexibility index (Phi) is 3.98. The minimum Gasteiger partial charge on any atom is -0.454 e. The molecule has 0 aliphatic heterocycles. The monoisotopic (exact) mass is 346 g/mol. The zero-order valence-electron chi connectivity index (χ0n) is 13.8. The van der Waals surface area contributed by atoms with Crippen LogP contribution in [0.1, 0.15) is 15.9 Å². The smallest absolute Gasteiger partial charge is 0.260 e. The molecule has 0 radical (unpaired) electrons. The molecule has 0 aromatic carbocycles. The summed E-state index contributed by atoms with van der Waals surface area (Å²) >= 11 is 0. The largest absolute Gasteiger partial charge is 0.454 e. The van der Waals surface area contributed by atoms with E-state index in [1.54, 1.807) is 49.1 Å². The number of aromatic nitrogens is 5. The molecular formula is C18H14N6O2. The summed E-state index contributed by atoms with van der Waals surface area (Å²) in [4.78, 5) is 25.0. The molecule has 4 rings (SSSR count). The summed E-state index contributed by atoms with van der Waals surface area (Å²) in [5, 5.41) is 6.84. The first-order chi connectivity index (χ1) is 12.7. The SMILES string of the molecule is Cc1cncc(Oc2cc(C(=O)Nc3ccccn3)c3ncnn3c2)c1. The fraction of sp³-hybridized carbons (Fsp3) is 0.0556. The molecule has 1 N–H and O–H groups in total. The van der Waals surface area contributed by atoms with Crippen LogP contribution in [0.15, 0.2) is 61.4 Å². The van der Waals surface area contributed by atoms with Crippen LogP contribution in [0.25, 0.3) is 5.65 Å². The van der Waals surface area contributed by atoms with Crippen molar-refractivity contribution in [2.45, 2.75) is 6.92 Å². The Morgan fingerprint density at radius 2 is 2.08 bits per heavy atom. The summed E-state index contributed by atoms with van der Waals surface area (Å²) in [6, 6.07) is 8.74. The topological polar surface area (TPSA) is 94.3 Å². The molecule has 4 aromatic heterocycles. The van der Waals surface area contributed by atoms with Gasteiger partial charge in [0.25, 0.3) is 5.91 Å². The molecule has 0 atom stereocenters. The Hall–Kier alpha value is -3.81. The van der Waals surface area contributed by atoms with Gasteiger partial charge in [-0.1, -0.05) is 6.07 Å². The second-order valence-electron chi connectivity index (χ2n) is 5.59. The molecule has 1 amide bonds. The number of fused-ring (bicyclic) bond motifs is 1. The first kappa shape index (κ1) is 15.7. The number of nitrogens with one attached hydrogen (secondary N) is 1. The number of rotatable bonds is 4. The lowest BCUT2D eigenvalue weighted by molar-refractivity contribution is 0.102. The Bertz CT molecular complexity index is 1080. The summed E-state index contributed by atoms with van der Waals surface area (Å²) in [6.45, 7) is 1.92. The van der Waals surface area contributed by atoms with Crippen molar-refractivity contribution in [2.24, 2.45) is 0 Å². The Morgan fingerprint density at radius 1 is 1.15 bits per heavy atom. The molecule has 26 heavy (non-hydrogen) atoms. The van der Waals surface area contributed by atoms with E-state index in [1.165, 1.54) is 10.8 Å². The molecular weight excluding hydrogens is 332 g/mol. The van der Waals surface area contributed by atoms with Crippen LogP contribution in [-0.2, 0) is 0 Å². The van der Waals surface area contributed by atoms with E-state index in [2.05, 4.69) is 25.4 Å². The van der Waals surface area contributed by atoms with Crippen LogP contribution in [0, 0.1) is 6.92 Å². The molecule has 0 bridgehead atoms. The second kappa shape index (κ2) is 6.60. The number of pyridine rings is 3. The van der Waals surface area contributed by atoms with Gasteiger partial charge in [0.15, 0.2) is 5.65 Å². The lowest BCUT2D eigenvalue weighted by Gasteiger charge is -2.09. The highest BCUT2D eigenvalue weighted by molar-refractivity contribution is 6.08. The van der Waals surface area contributed by atoms with Crippen LogP contribution in [0.2, 0.25) is 0 Å². The normalized spacial score (nSPS) is 10.7. The first-order valence-electron chi connectivity index (χ1n) is 7.84. The predicted octanol–water partition coefficient (Wildman–Crippen LogP) is 2.87. The van der Waals surface area contributed by atoms with E-state index in [1.807, 2.05) is 13.0 Å². The number of hydrogen-bond donors (Lipinski definition) is 1. The van der Waals surface area contributed by atoms with Gasteiger partial charge in [-0.2, -0.15) is 5.10 Å². The maximum Gasteiger partial charge on any atom is 0.260 e. The van der Waals surface area contributed by atoms with Gasteiger partial charge in [0.05, 0.1) is 18.0 Å². The van der Waals surface area contributed by atoms with Crippen molar-refractivity contribution >= 4 is 17.4 Å². The van der Waals surface area contributed by atoms with Gasteiger partial charge in [0, 0.05) is 12.4 Å². The lowest BCUT2D eigenvalue weighted by atomic mass is 10.2. The summed E-state index contributed by atoms with van der Waals surface area (Å²) in [5.41, 5.74) is 1.72. The molecule has 4 aromatic rings. The maximum atomic E-state index is 12.7. The number of carbonyl (C=O) groups excluding carboxylic acids is 1. The van der Waals surface area contributed by atoms with Crippen LogP contribution < -0.4 is 10.1 Å². The van der Waals surface area contributed by atoms with Gasteiger partial charge >= 0.3 is 0 Å². The lowest BCUT2D eigenvalue weighted by Crippen LogP contribution is -2.14. The van der Waals surface area contributed by atoms with Gasteiger partial charge in [-0.3, -0.25) is 9.78 Å². The van der Waals surface area contributed by atoms with Crippen LogP contribution >= 0.6 is 0 Å². The molecule has 8 heteroatoms. The third-order valence-corrected chi connectivity index (χ3v) is 3.59. The van der Waals surface area contributed by atoms with Crippen molar-refractivity contribution in [3.63, 3.8) is 0 Å². The van der Waals surface area contributed by atoms with Gasteiger partial charge in [-0.15, -0.1) is 0 Å². The van der Waals surface area contributed by atoms with Crippen molar-refractivity contribution in [3.05, 3.63) is 72.6 Å². The number of ether oxygens (including phenoxy) is 1. The maximum absolute atomic E-state index is 12.7. The van der Waals surface area contributed by atoms with E-state index in [0.717, 1.165) is 5.56 Å². The Balaban J connectivity index is 1.69. The highest BCUT2D eigenvalue weighted by Crippen LogP contribution is 2.24. The van der Waals surface area contributed by atoms with Gasteiger partial charge < -0.3 is 10.1 Å². The van der Waals surface area contributed by atoms with E-state index in [0.29, 0.717) is 28.5 Å². The van der Waals surface area contributed by atoms with Crippen LogP contribution in [0.5, 0.6) is 11.5 Å². The van der Waals surface area contributed by atoms with Gasteiger partial charge in [-0.05, 0) is 36.8 Å². The standard InChI is InChI=1S/C18H14N6O2/c1-12-6-13(9-19-8-12)26-14-7-15(17-21-11-22-24(17)10-14)18(25)23-16-4-2-3-5-20-16/h2-11H,1H3,(H,20,23,25). The number of nitrogens with zero attached hydrogens (tertiary/aromatic N) is 5. The number of aryl methyl sites for hydroxylation is 1. The third kappa shape index (κ3) is 3.20. The van der Waals surface area contributed by atoms with Crippen molar-refractivity contribution in [3.8, 4) is 11.5 Å². The van der Waals surface area contributed by atoms with Gasteiger partial charge in [0.2, 0.25) is 0 Å². The summed E-state index contributed by atoms with van der Waals surface area (Å²) in [5.74, 6) is 1.11. The predicted molar refractivity (Wildman–Crippen MR) is 94.2 cm³/mol. The molecule has 0 saturated carbocycles. The summed E-state index contributed by atoms with van der Waals surface area (Å²) in [7, 11) is 0. The van der Waals surface area contributed by atoms with E-state index in [-0.39, 0.29) is 5.91 Å². The van der Waals surface area contributed by atoms with Gasteiger partial charge in [0.1, 0.15) is 23.6 Å². The molecule has 0 unspecified atom stereocenters. The zero-order chi connectivity index (χ0) is 17.9. The minimum absolute atomic E-state index is 0.325. The quantitative estimate of drug-likeness (QED) is 0.610. The molecule has 4 heterocycles. The highest BCUT2D eigenvalue weighted by atomic mass is 16.5. The molecule has 8 nitrogen and oxygen atoms in total. The zero-order valence-corrected chi connectivity index (χ0v) is 13.8. The van der Waals surface area contributed by atoms with Crippen LogP contribution in [-0.4, -0.2) is 30.5 Å². The summed E-state index contributed by atoms with van der Waals surface area (Å²) in [6.07, 6.45) is 7.98. The van der Waals surface area contributed by atoms with Gasteiger partial charge in [-0.25, -0.2) is 14.5 Å². The highest BCUT2D eigenvalue weighted by Gasteiger charge is 2.16. The fourth-order valence-electron chi connectivity index (χ4n) is 2.46. The third-order valence-electron chi connectivity index (χ3n) is 3.59. The van der Waals surface area contributed by atoms with E-state index in [9.17, 15) is 4.79 Å². The summed E-state index contributed by atoms with van der Waals surface area (Å²) < 4.78 is 7.32. The number of hydrogen-bond acceptors (Lipinski definition) is 6. The van der Waals surface area contributed by atoms with Crippen molar-refractivity contribution in [2.75, 3.05) is 5.32 Å². The average molecular weight is 346 g/mol. The number of amides is 1.